The third kappa shape index (κ3) is 2.81. The number of methoxy groups -OCH3 is 1. The Kier molecular flexibility index (Phi) is 4.29. The molecule has 2 aliphatic heterocycles. The summed E-state index contributed by atoms with van der Waals surface area (Å²) in [5.41, 5.74) is 2.80. The molecule has 2 fully saturated rings. The number of aryl methyl sites for hydroxylation is 2. The normalized spacial score (nSPS) is 21.1. The quantitative estimate of drug-likeness (QED) is 0.833. The Morgan fingerprint density at radius 1 is 1.23 bits per heavy atom. The number of likely N-dealkylation sites (tertiary alicyclic amines) is 1. The molecule has 6 heteroatoms. The first kappa shape index (κ1) is 17.2. The highest BCUT2D eigenvalue weighted by Crippen LogP contribution is 2.35. The number of ether oxygens (including phenoxy) is 2. The third-order valence-corrected chi connectivity index (χ3v) is 6.03. The van der Waals surface area contributed by atoms with E-state index in [-0.39, 0.29) is 12.0 Å². The van der Waals surface area contributed by atoms with E-state index in [9.17, 15) is 9.59 Å². The van der Waals surface area contributed by atoms with Gasteiger partial charge >= 0.3 is 6.09 Å². The van der Waals surface area contributed by atoms with Crippen LogP contribution in [0.2, 0.25) is 0 Å². The van der Waals surface area contributed by atoms with Gasteiger partial charge in [-0.15, -0.1) is 0 Å². The summed E-state index contributed by atoms with van der Waals surface area (Å²) in [5.74, 6) is 0.684. The number of nitrogens with zero attached hydrogens (tertiary/aromatic N) is 2. The molecule has 1 aliphatic carbocycles. The zero-order valence-corrected chi connectivity index (χ0v) is 15.5. The summed E-state index contributed by atoms with van der Waals surface area (Å²) in [7, 11) is 1.62. The van der Waals surface area contributed by atoms with Crippen LogP contribution in [0.3, 0.4) is 0 Å². The molecule has 0 saturated carbocycles. The second kappa shape index (κ2) is 6.49. The molecule has 26 heavy (non-hydrogen) atoms. The minimum absolute atomic E-state index is 0.0167. The lowest BCUT2D eigenvalue weighted by Gasteiger charge is -2.37. The van der Waals surface area contributed by atoms with E-state index in [1.165, 1.54) is 11.1 Å². The molecular formula is C20H26N2O4. The summed E-state index contributed by atoms with van der Waals surface area (Å²) in [6.45, 7) is 4.45. The molecule has 0 radical (unpaired) electrons. The highest BCUT2D eigenvalue weighted by molar-refractivity contribution is 5.97. The van der Waals surface area contributed by atoms with Gasteiger partial charge in [0, 0.05) is 32.5 Å². The average molecular weight is 358 g/mol. The van der Waals surface area contributed by atoms with E-state index in [0.717, 1.165) is 19.3 Å². The number of piperidine rings is 1. The molecule has 0 atom stereocenters. The summed E-state index contributed by atoms with van der Waals surface area (Å²) < 4.78 is 11.2. The second-order valence-corrected chi connectivity index (χ2v) is 7.53. The average Bonchev–Trinajstić information content (AvgIpc) is 3.24. The van der Waals surface area contributed by atoms with Gasteiger partial charge in [-0.05, 0) is 49.4 Å². The van der Waals surface area contributed by atoms with Gasteiger partial charge < -0.3 is 19.3 Å². The standard InChI is InChI=1S/C20H26N2O4/c1-3-21-13-20(26-19(21)24)7-9-22(10-8-20)18(23)16-11-14-5-4-6-15(14)12-17(16)25-2/h11-12H,3-10,13H2,1-2H3. The predicted molar refractivity (Wildman–Crippen MR) is 96.6 cm³/mol. The molecule has 1 aromatic carbocycles. The fraction of sp³-hybridized carbons (Fsp3) is 0.600. The topological polar surface area (TPSA) is 59.1 Å². The molecule has 2 amide bonds. The molecule has 0 aromatic heterocycles. The van der Waals surface area contributed by atoms with Crippen LogP contribution in [-0.4, -0.2) is 60.7 Å². The van der Waals surface area contributed by atoms with E-state index in [4.69, 9.17) is 9.47 Å². The van der Waals surface area contributed by atoms with Crippen molar-refractivity contribution < 1.29 is 19.1 Å². The molecule has 1 aromatic rings. The maximum Gasteiger partial charge on any atom is 0.410 e. The maximum atomic E-state index is 13.1. The Labute approximate surface area is 154 Å². The van der Waals surface area contributed by atoms with Gasteiger partial charge in [-0.3, -0.25) is 4.79 Å². The number of hydrogen-bond acceptors (Lipinski definition) is 4. The van der Waals surface area contributed by atoms with Crippen molar-refractivity contribution in [3.8, 4) is 5.75 Å². The maximum absolute atomic E-state index is 13.1. The SMILES string of the molecule is CCN1CC2(CCN(C(=O)c3cc4c(cc3OC)CCC4)CC2)OC1=O. The molecule has 4 rings (SSSR count). The third-order valence-electron chi connectivity index (χ3n) is 6.03. The largest absolute Gasteiger partial charge is 0.496 e. The van der Waals surface area contributed by atoms with Gasteiger partial charge in [0.25, 0.3) is 5.91 Å². The fourth-order valence-electron chi connectivity index (χ4n) is 4.42. The summed E-state index contributed by atoms with van der Waals surface area (Å²) in [6.07, 6.45) is 4.38. The monoisotopic (exact) mass is 358 g/mol. The smallest absolute Gasteiger partial charge is 0.410 e. The van der Waals surface area contributed by atoms with E-state index >= 15 is 0 Å². The van der Waals surface area contributed by atoms with Crippen LogP contribution in [0.15, 0.2) is 12.1 Å². The number of amides is 2. The number of carbonyl (C=O) groups is 2. The molecule has 6 nitrogen and oxygen atoms in total. The lowest BCUT2D eigenvalue weighted by Crippen LogP contribution is -2.48. The number of rotatable bonds is 3. The molecule has 140 valence electrons. The van der Waals surface area contributed by atoms with Crippen LogP contribution in [-0.2, 0) is 17.6 Å². The number of hydrogen-bond donors (Lipinski definition) is 0. The van der Waals surface area contributed by atoms with E-state index in [1.54, 1.807) is 12.0 Å². The minimum atomic E-state index is -0.425. The van der Waals surface area contributed by atoms with Crippen molar-refractivity contribution in [1.29, 1.82) is 0 Å². The van der Waals surface area contributed by atoms with Gasteiger partial charge in [0.05, 0.1) is 19.2 Å². The molecular weight excluding hydrogens is 332 g/mol. The Morgan fingerprint density at radius 2 is 1.92 bits per heavy atom. The van der Waals surface area contributed by atoms with Crippen LogP contribution in [0.1, 0.15) is 47.7 Å². The Morgan fingerprint density at radius 3 is 2.54 bits per heavy atom. The van der Waals surface area contributed by atoms with E-state index < -0.39 is 5.60 Å². The van der Waals surface area contributed by atoms with Crippen molar-refractivity contribution in [1.82, 2.24) is 9.80 Å². The number of likely N-dealkylation sites (N-methyl/N-ethyl adjacent to an activating group) is 1. The minimum Gasteiger partial charge on any atom is -0.496 e. The van der Waals surface area contributed by atoms with Crippen LogP contribution in [0.25, 0.3) is 0 Å². The van der Waals surface area contributed by atoms with Crippen LogP contribution < -0.4 is 4.74 Å². The van der Waals surface area contributed by atoms with Gasteiger partial charge in [-0.2, -0.15) is 0 Å². The van der Waals surface area contributed by atoms with Crippen LogP contribution in [0.4, 0.5) is 4.79 Å². The molecule has 0 bridgehead atoms. The lowest BCUT2D eigenvalue weighted by molar-refractivity contribution is 0.00307. The van der Waals surface area contributed by atoms with E-state index in [0.29, 0.717) is 50.3 Å². The van der Waals surface area contributed by atoms with Gasteiger partial charge in [-0.25, -0.2) is 4.79 Å². The number of benzene rings is 1. The van der Waals surface area contributed by atoms with Crippen molar-refractivity contribution in [2.24, 2.45) is 0 Å². The summed E-state index contributed by atoms with van der Waals surface area (Å²) in [5, 5.41) is 0. The Balaban J connectivity index is 1.49. The summed E-state index contributed by atoms with van der Waals surface area (Å²) in [6, 6.07) is 4.04. The van der Waals surface area contributed by atoms with Crippen molar-refractivity contribution in [3.63, 3.8) is 0 Å². The first-order chi connectivity index (χ1) is 12.5. The second-order valence-electron chi connectivity index (χ2n) is 7.53. The highest BCUT2D eigenvalue weighted by Gasteiger charge is 2.47. The first-order valence-electron chi connectivity index (χ1n) is 9.52. The summed E-state index contributed by atoms with van der Waals surface area (Å²) >= 11 is 0. The molecule has 3 aliphatic rings. The predicted octanol–water partition coefficient (Wildman–Crippen LogP) is 2.63. The van der Waals surface area contributed by atoms with E-state index in [1.807, 2.05) is 24.0 Å². The highest BCUT2D eigenvalue weighted by atomic mass is 16.6. The fourth-order valence-corrected chi connectivity index (χ4v) is 4.42. The van der Waals surface area contributed by atoms with Crippen molar-refractivity contribution in [2.45, 2.75) is 44.6 Å². The lowest BCUT2D eigenvalue weighted by atomic mass is 9.91. The zero-order valence-electron chi connectivity index (χ0n) is 15.5. The van der Waals surface area contributed by atoms with Gasteiger partial charge in [0.15, 0.2) is 0 Å². The van der Waals surface area contributed by atoms with Gasteiger partial charge in [0.2, 0.25) is 0 Å². The summed E-state index contributed by atoms with van der Waals surface area (Å²) in [4.78, 5) is 28.6. The Hall–Kier alpha value is -2.24. The molecule has 0 unspecified atom stereocenters. The van der Waals surface area contributed by atoms with Gasteiger partial charge in [-0.1, -0.05) is 0 Å². The van der Waals surface area contributed by atoms with Crippen molar-refractivity contribution in [2.75, 3.05) is 33.3 Å². The van der Waals surface area contributed by atoms with Crippen molar-refractivity contribution >= 4 is 12.0 Å². The van der Waals surface area contributed by atoms with Crippen LogP contribution in [0.5, 0.6) is 5.75 Å². The Bertz CT molecular complexity index is 738. The molecule has 1 spiro atoms. The van der Waals surface area contributed by atoms with Gasteiger partial charge in [0.1, 0.15) is 11.4 Å². The molecule has 0 N–H and O–H groups in total. The number of fused-ring (bicyclic) bond motifs is 1. The van der Waals surface area contributed by atoms with E-state index in [2.05, 4.69) is 0 Å². The molecule has 2 saturated heterocycles. The van der Waals surface area contributed by atoms with Crippen LogP contribution >= 0.6 is 0 Å². The number of carbonyl (C=O) groups excluding carboxylic acids is 2. The molecule has 2 heterocycles. The van der Waals surface area contributed by atoms with Crippen molar-refractivity contribution in [3.05, 3.63) is 28.8 Å². The van der Waals surface area contributed by atoms with Crippen LogP contribution in [0, 0.1) is 0 Å². The first-order valence-corrected chi connectivity index (χ1v) is 9.52. The zero-order chi connectivity index (χ0) is 18.3.